The lowest BCUT2D eigenvalue weighted by molar-refractivity contribution is 0.283. The summed E-state index contributed by atoms with van der Waals surface area (Å²) < 4.78 is 5.45. The second kappa shape index (κ2) is 9.57. The van der Waals surface area contributed by atoms with E-state index in [0.29, 0.717) is 11.7 Å². The summed E-state index contributed by atoms with van der Waals surface area (Å²) in [5.74, 6) is 1.21. The topological polar surface area (TPSA) is 92.0 Å². The minimum atomic E-state index is -0.0726. The lowest BCUT2D eigenvalue weighted by atomic mass is 10.0. The zero-order valence-corrected chi connectivity index (χ0v) is 16.1. The molecule has 0 saturated carbocycles. The molecular formula is C19H28ClN5O. The predicted molar refractivity (Wildman–Crippen MR) is 105 cm³/mol. The molecular weight excluding hydrogens is 350 g/mol. The summed E-state index contributed by atoms with van der Waals surface area (Å²) in [6, 6.07) is 8.34. The number of hydrogen-bond acceptors (Lipinski definition) is 4. The number of nitrogens with one attached hydrogen (secondary N) is 1. The number of likely N-dealkylation sites (tertiary alicyclic amines) is 1. The Morgan fingerprint density at radius 2 is 2.04 bits per heavy atom. The van der Waals surface area contributed by atoms with Crippen molar-refractivity contribution in [1.29, 1.82) is 5.41 Å². The highest BCUT2D eigenvalue weighted by Crippen LogP contribution is 2.31. The molecule has 1 unspecified atom stereocenters. The molecule has 0 bridgehead atoms. The van der Waals surface area contributed by atoms with Crippen LogP contribution in [0.5, 0.6) is 0 Å². The molecule has 1 aliphatic rings. The van der Waals surface area contributed by atoms with Crippen molar-refractivity contribution in [2.75, 3.05) is 6.54 Å². The predicted octanol–water partition coefficient (Wildman–Crippen LogP) is 4.31. The molecule has 7 heteroatoms. The third kappa shape index (κ3) is 4.75. The number of benzene rings is 1. The van der Waals surface area contributed by atoms with Gasteiger partial charge in [-0.3, -0.25) is 5.41 Å². The summed E-state index contributed by atoms with van der Waals surface area (Å²) in [6.07, 6.45) is 8.09. The van der Waals surface area contributed by atoms with Crippen molar-refractivity contribution in [3.63, 3.8) is 0 Å². The quantitative estimate of drug-likeness (QED) is 0.426. The smallest absolute Gasteiger partial charge is 0.249 e. The molecule has 0 aliphatic carbocycles. The average molecular weight is 378 g/mol. The fourth-order valence-corrected chi connectivity index (χ4v) is 3.38. The van der Waals surface area contributed by atoms with Crippen LogP contribution in [0.25, 0.3) is 11.4 Å². The van der Waals surface area contributed by atoms with Gasteiger partial charge >= 0.3 is 0 Å². The molecule has 142 valence electrons. The first-order valence-electron chi connectivity index (χ1n) is 9.22. The summed E-state index contributed by atoms with van der Waals surface area (Å²) in [5, 5.41) is 11.8. The number of halogens is 1. The molecule has 1 atom stereocenters. The van der Waals surface area contributed by atoms with Gasteiger partial charge < -0.3 is 15.2 Å². The summed E-state index contributed by atoms with van der Waals surface area (Å²) in [7, 11) is 0. The third-order valence-electron chi connectivity index (χ3n) is 4.82. The molecule has 2 heterocycles. The Labute approximate surface area is 161 Å². The first-order chi connectivity index (χ1) is 12.2. The Bertz CT molecular complexity index is 700. The van der Waals surface area contributed by atoms with Crippen LogP contribution >= 0.6 is 12.4 Å². The lowest BCUT2D eigenvalue weighted by Gasteiger charge is -2.21. The molecule has 26 heavy (non-hydrogen) atoms. The van der Waals surface area contributed by atoms with Gasteiger partial charge in [0, 0.05) is 12.1 Å². The zero-order valence-electron chi connectivity index (χ0n) is 15.3. The van der Waals surface area contributed by atoms with Gasteiger partial charge in [0.25, 0.3) is 0 Å². The van der Waals surface area contributed by atoms with E-state index in [9.17, 15) is 0 Å². The van der Waals surface area contributed by atoms with E-state index in [2.05, 4.69) is 41.3 Å². The van der Waals surface area contributed by atoms with Gasteiger partial charge in [-0.2, -0.15) is 4.98 Å². The molecule has 0 amide bonds. The molecule has 6 nitrogen and oxygen atoms in total. The summed E-state index contributed by atoms with van der Waals surface area (Å²) in [6.45, 7) is 3.00. The largest absolute Gasteiger partial charge is 0.370 e. The molecule has 1 fully saturated rings. The number of aryl methyl sites for hydroxylation is 1. The highest BCUT2D eigenvalue weighted by atomic mass is 35.5. The maximum atomic E-state index is 7.66. The van der Waals surface area contributed by atoms with E-state index in [1.165, 1.54) is 31.2 Å². The van der Waals surface area contributed by atoms with Crippen molar-refractivity contribution < 1.29 is 4.52 Å². The number of rotatable bonds is 7. The monoisotopic (exact) mass is 377 g/mol. The molecule has 1 aromatic heterocycles. The Morgan fingerprint density at radius 3 is 2.73 bits per heavy atom. The van der Waals surface area contributed by atoms with Crippen LogP contribution in [0.4, 0.5) is 0 Å². The van der Waals surface area contributed by atoms with Crippen molar-refractivity contribution in [2.45, 2.75) is 57.9 Å². The Kier molecular flexibility index (Phi) is 7.45. The van der Waals surface area contributed by atoms with Gasteiger partial charge in [0.15, 0.2) is 5.96 Å². The van der Waals surface area contributed by atoms with E-state index in [4.69, 9.17) is 15.7 Å². The van der Waals surface area contributed by atoms with Crippen LogP contribution in [0.15, 0.2) is 28.8 Å². The Hall–Kier alpha value is -2.08. The van der Waals surface area contributed by atoms with E-state index in [0.717, 1.165) is 31.4 Å². The second-order valence-corrected chi connectivity index (χ2v) is 6.70. The molecule has 3 N–H and O–H groups in total. The summed E-state index contributed by atoms with van der Waals surface area (Å²) >= 11 is 0. The SMILES string of the molecule is CCCCCCc1ccc(-c2noc(C3CCCN3C(=N)N)n2)cc1.Cl. The Balaban J connectivity index is 0.00000243. The van der Waals surface area contributed by atoms with Gasteiger partial charge in [0.2, 0.25) is 11.7 Å². The first-order valence-corrected chi connectivity index (χ1v) is 9.22. The highest BCUT2D eigenvalue weighted by Gasteiger charge is 2.31. The standard InChI is InChI=1S/C19H27N5O.ClH/c1-2-3-4-5-7-14-9-11-15(12-10-14)17-22-18(25-23-17)16-8-6-13-24(16)19(20)21;/h9-12,16H,2-8,13H2,1H3,(H3,20,21);1H. The summed E-state index contributed by atoms with van der Waals surface area (Å²) in [4.78, 5) is 6.36. The summed E-state index contributed by atoms with van der Waals surface area (Å²) in [5.41, 5.74) is 7.95. The van der Waals surface area contributed by atoms with Crippen molar-refractivity contribution in [1.82, 2.24) is 15.0 Å². The van der Waals surface area contributed by atoms with E-state index < -0.39 is 0 Å². The molecule has 0 spiro atoms. The zero-order chi connectivity index (χ0) is 17.6. The van der Waals surface area contributed by atoms with Gasteiger partial charge in [0.05, 0.1) is 0 Å². The molecule has 3 rings (SSSR count). The molecule has 2 aromatic rings. The van der Waals surface area contributed by atoms with Crippen LogP contribution in [-0.4, -0.2) is 27.5 Å². The minimum absolute atomic E-state index is 0. The van der Waals surface area contributed by atoms with Crippen LogP contribution in [0.2, 0.25) is 0 Å². The highest BCUT2D eigenvalue weighted by molar-refractivity contribution is 5.85. The average Bonchev–Trinajstić information content (AvgIpc) is 3.28. The number of nitrogens with two attached hydrogens (primary N) is 1. The van der Waals surface area contributed by atoms with Crippen molar-refractivity contribution in [3.05, 3.63) is 35.7 Å². The molecule has 1 aromatic carbocycles. The van der Waals surface area contributed by atoms with E-state index in [1.54, 1.807) is 0 Å². The van der Waals surface area contributed by atoms with Crippen LogP contribution in [0.1, 0.15) is 62.9 Å². The number of aromatic nitrogens is 2. The van der Waals surface area contributed by atoms with Crippen molar-refractivity contribution in [2.24, 2.45) is 5.73 Å². The number of guanidine groups is 1. The van der Waals surface area contributed by atoms with E-state index in [1.807, 2.05) is 4.90 Å². The van der Waals surface area contributed by atoms with Gasteiger partial charge in [-0.25, -0.2) is 0 Å². The molecule has 1 aliphatic heterocycles. The van der Waals surface area contributed by atoms with Crippen LogP contribution in [-0.2, 0) is 6.42 Å². The van der Waals surface area contributed by atoms with Crippen LogP contribution in [0, 0.1) is 5.41 Å². The maximum Gasteiger partial charge on any atom is 0.249 e. The maximum absolute atomic E-state index is 7.66. The normalized spacial score (nSPS) is 16.5. The van der Waals surface area contributed by atoms with Gasteiger partial charge in [0.1, 0.15) is 6.04 Å². The van der Waals surface area contributed by atoms with Crippen LogP contribution in [0.3, 0.4) is 0 Å². The van der Waals surface area contributed by atoms with E-state index in [-0.39, 0.29) is 24.4 Å². The van der Waals surface area contributed by atoms with E-state index >= 15 is 0 Å². The first kappa shape index (κ1) is 20.2. The number of nitrogens with zero attached hydrogens (tertiary/aromatic N) is 3. The third-order valence-corrected chi connectivity index (χ3v) is 4.82. The fourth-order valence-electron chi connectivity index (χ4n) is 3.38. The molecule has 0 radical (unpaired) electrons. The van der Waals surface area contributed by atoms with Gasteiger partial charge in [-0.1, -0.05) is 55.6 Å². The van der Waals surface area contributed by atoms with Crippen LogP contribution < -0.4 is 5.73 Å². The van der Waals surface area contributed by atoms with Gasteiger partial charge in [-0.15, -0.1) is 12.4 Å². The van der Waals surface area contributed by atoms with Crippen molar-refractivity contribution >= 4 is 18.4 Å². The minimum Gasteiger partial charge on any atom is -0.370 e. The second-order valence-electron chi connectivity index (χ2n) is 6.70. The lowest BCUT2D eigenvalue weighted by Crippen LogP contribution is -2.35. The fraction of sp³-hybridized carbons (Fsp3) is 0.526. The van der Waals surface area contributed by atoms with Crippen molar-refractivity contribution in [3.8, 4) is 11.4 Å². The Morgan fingerprint density at radius 1 is 1.27 bits per heavy atom. The number of unbranched alkanes of at least 4 members (excludes halogenated alkanes) is 3. The molecule has 1 saturated heterocycles. The number of hydrogen-bond donors (Lipinski definition) is 2. The van der Waals surface area contributed by atoms with Gasteiger partial charge in [-0.05, 0) is 31.2 Å².